The molecule has 0 radical (unpaired) electrons. The van der Waals surface area contributed by atoms with Gasteiger partial charge in [-0.1, -0.05) is 11.3 Å². The third-order valence-corrected chi connectivity index (χ3v) is 6.18. The van der Waals surface area contributed by atoms with E-state index >= 15 is 0 Å². The predicted molar refractivity (Wildman–Crippen MR) is 66.8 cm³/mol. The number of aromatic nitrogens is 2. The highest BCUT2D eigenvalue weighted by Gasteiger charge is 2.35. The Bertz CT molecular complexity index is 454. The fourth-order valence-corrected chi connectivity index (χ4v) is 2.92. The molecule has 1 aromatic heterocycles. The Hall–Kier alpha value is -0.200. The second-order valence-electron chi connectivity index (χ2n) is 4.08. The third kappa shape index (κ3) is 2.93. The van der Waals surface area contributed by atoms with E-state index in [0.717, 1.165) is 17.8 Å². The Morgan fingerprint density at radius 2 is 2.00 bits per heavy atom. The summed E-state index contributed by atoms with van der Waals surface area (Å²) in [7, 11) is -3.18. The number of sulfone groups is 1. The lowest BCUT2D eigenvalue weighted by Gasteiger charge is -2.18. The molecule has 0 fully saturated rings. The Balaban J connectivity index is 2.94. The lowest BCUT2D eigenvalue weighted by molar-refractivity contribution is 0.558. The van der Waals surface area contributed by atoms with Crippen LogP contribution in [0.4, 0.5) is 0 Å². The topological polar surface area (TPSA) is 59.9 Å². The largest absolute Gasteiger partial charge is 0.228 e. The van der Waals surface area contributed by atoms with Gasteiger partial charge in [-0.3, -0.25) is 0 Å². The molecule has 92 valence electrons. The number of hydrogen-bond donors (Lipinski definition) is 0. The van der Waals surface area contributed by atoms with Gasteiger partial charge in [0.25, 0.3) is 0 Å². The molecule has 0 aliphatic rings. The molecule has 1 aromatic rings. The Morgan fingerprint density at radius 3 is 2.50 bits per heavy atom. The highest BCUT2D eigenvalue weighted by Crippen LogP contribution is 2.31. The molecule has 0 atom stereocenters. The first-order valence-corrected chi connectivity index (χ1v) is 8.11. The van der Waals surface area contributed by atoms with Crippen LogP contribution in [0.3, 0.4) is 0 Å². The maximum Gasteiger partial charge on any atom is 0.159 e. The number of aryl methyl sites for hydroxylation is 1. The van der Waals surface area contributed by atoms with Crippen molar-refractivity contribution in [1.82, 2.24) is 10.2 Å². The Labute approximate surface area is 105 Å². The molecule has 0 bridgehead atoms. The first kappa shape index (κ1) is 13.9. The van der Waals surface area contributed by atoms with Gasteiger partial charge < -0.3 is 0 Å². The van der Waals surface area contributed by atoms with Crippen molar-refractivity contribution in [2.24, 2.45) is 0 Å². The van der Waals surface area contributed by atoms with Crippen molar-refractivity contribution in [3.8, 4) is 0 Å². The second kappa shape index (κ2) is 4.98. The van der Waals surface area contributed by atoms with Crippen LogP contribution >= 0.6 is 22.9 Å². The van der Waals surface area contributed by atoms with E-state index in [1.807, 2.05) is 0 Å². The van der Waals surface area contributed by atoms with Crippen LogP contribution in [0.15, 0.2) is 0 Å². The molecule has 0 N–H and O–H groups in total. The van der Waals surface area contributed by atoms with Crippen molar-refractivity contribution in [1.29, 1.82) is 0 Å². The molecule has 0 saturated heterocycles. The van der Waals surface area contributed by atoms with E-state index < -0.39 is 14.6 Å². The van der Waals surface area contributed by atoms with Gasteiger partial charge in [-0.05, 0) is 20.3 Å². The molecule has 0 aromatic carbocycles. The standard InChI is InChI=1S/C9H15ClN2O2S2/c1-9(2,16(3,13)14)8-12-11-7(15-8)5-4-6-10/h4-6H2,1-3H3. The molecule has 4 nitrogen and oxygen atoms in total. The van der Waals surface area contributed by atoms with Crippen molar-refractivity contribution >= 4 is 32.8 Å². The molecular weight excluding hydrogens is 268 g/mol. The van der Waals surface area contributed by atoms with E-state index in [1.165, 1.54) is 17.6 Å². The summed E-state index contributed by atoms with van der Waals surface area (Å²) in [4.78, 5) is 0. The number of halogens is 1. The number of rotatable bonds is 5. The molecule has 16 heavy (non-hydrogen) atoms. The zero-order valence-corrected chi connectivity index (χ0v) is 11.9. The molecule has 0 aliphatic carbocycles. The summed E-state index contributed by atoms with van der Waals surface area (Å²) in [5.41, 5.74) is 0. The molecule has 0 amide bonds. The summed E-state index contributed by atoms with van der Waals surface area (Å²) in [6.45, 7) is 3.29. The first-order valence-electron chi connectivity index (χ1n) is 4.87. The van der Waals surface area contributed by atoms with Crippen LogP contribution in [0, 0.1) is 0 Å². The van der Waals surface area contributed by atoms with Crippen LogP contribution in [-0.2, 0) is 21.0 Å². The zero-order valence-electron chi connectivity index (χ0n) is 9.53. The number of hydrogen-bond acceptors (Lipinski definition) is 5. The molecule has 0 unspecified atom stereocenters. The average molecular weight is 283 g/mol. The summed E-state index contributed by atoms with van der Waals surface area (Å²) in [5, 5.41) is 9.31. The normalized spacial score (nSPS) is 13.0. The van der Waals surface area contributed by atoms with Crippen LogP contribution in [0.2, 0.25) is 0 Å². The van der Waals surface area contributed by atoms with Crippen LogP contribution in [-0.4, -0.2) is 30.8 Å². The molecule has 0 saturated carbocycles. The minimum Gasteiger partial charge on any atom is -0.228 e. The van der Waals surface area contributed by atoms with Crippen LogP contribution in [0.25, 0.3) is 0 Å². The van der Waals surface area contributed by atoms with E-state index in [2.05, 4.69) is 10.2 Å². The Morgan fingerprint density at radius 1 is 1.38 bits per heavy atom. The monoisotopic (exact) mass is 282 g/mol. The van der Waals surface area contributed by atoms with E-state index in [9.17, 15) is 8.42 Å². The van der Waals surface area contributed by atoms with Gasteiger partial charge in [0.1, 0.15) is 14.8 Å². The lowest BCUT2D eigenvalue weighted by Crippen LogP contribution is -2.27. The van der Waals surface area contributed by atoms with Crippen LogP contribution in [0.1, 0.15) is 30.3 Å². The lowest BCUT2D eigenvalue weighted by atomic mass is 10.2. The van der Waals surface area contributed by atoms with Crippen LogP contribution in [0.5, 0.6) is 0 Å². The van der Waals surface area contributed by atoms with Gasteiger partial charge in [0.2, 0.25) is 0 Å². The Kier molecular flexibility index (Phi) is 4.31. The second-order valence-corrected chi connectivity index (χ2v) is 8.08. The van der Waals surface area contributed by atoms with Crippen molar-refractivity contribution in [3.05, 3.63) is 10.0 Å². The number of alkyl halides is 1. The highest BCUT2D eigenvalue weighted by atomic mass is 35.5. The summed E-state index contributed by atoms with van der Waals surface area (Å²) in [5.74, 6) is 0.574. The highest BCUT2D eigenvalue weighted by molar-refractivity contribution is 7.91. The van der Waals surface area contributed by atoms with Crippen molar-refractivity contribution in [2.75, 3.05) is 12.1 Å². The third-order valence-electron chi connectivity index (χ3n) is 2.43. The molecule has 1 rings (SSSR count). The summed E-state index contributed by atoms with van der Waals surface area (Å²) < 4.78 is 22.2. The maximum absolute atomic E-state index is 11.6. The number of nitrogens with zero attached hydrogens (tertiary/aromatic N) is 2. The van der Waals surface area contributed by atoms with Gasteiger partial charge >= 0.3 is 0 Å². The summed E-state index contributed by atoms with van der Waals surface area (Å²) in [6, 6.07) is 0. The van der Waals surface area contributed by atoms with Crippen LogP contribution < -0.4 is 0 Å². The van der Waals surface area contributed by atoms with E-state index in [-0.39, 0.29) is 0 Å². The van der Waals surface area contributed by atoms with E-state index in [1.54, 1.807) is 13.8 Å². The predicted octanol–water partition coefficient (Wildman–Crippen LogP) is 1.99. The van der Waals surface area contributed by atoms with Gasteiger partial charge in [-0.25, -0.2) is 8.42 Å². The minimum absolute atomic E-state index is 0.541. The molecular formula is C9H15ClN2O2S2. The minimum atomic E-state index is -3.18. The SMILES string of the molecule is CC(C)(c1nnc(CCCCl)s1)S(C)(=O)=O. The first-order chi connectivity index (χ1) is 7.29. The fourth-order valence-electron chi connectivity index (χ4n) is 0.975. The summed E-state index contributed by atoms with van der Waals surface area (Å²) in [6.07, 6.45) is 2.79. The van der Waals surface area contributed by atoms with Crippen molar-refractivity contribution < 1.29 is 8.42 Å². The van der Waals surface area contributed by atoms with Gasteiger partial charge in [0, 0.05) is 18.6 Å². The van der Waals surface area contributed by atoms with Gasteiger partial charge in [0.15, 0.2) is 9.84 Å². The fraction of sp³-hybridized carbons (Fsp3) is 0.778. The smallest absolute Gasteiger partial charge is 0.159 e. The molecule has 0 aliphatic heterocycles. The quantitative estimate of drug-likeness (QED) is 0.775. The van der Waals surface area contributed by atoms with Crippen molar-refractivity contribution in [2.45, 2.75) is 31.4 Å². The van der Waals surface area contributed by atoms with E-state index in [4.69, 9.17) is 11.6 Å². The summed E-state index contributed by atoms with van der Waals surface area (Å²) >= 11 is 6.93. The van der Waals surface area contributed by atoms with Gasteiger partial charge in [-0.15, -0.1) is 21.8 Å². The van der Waals surface area contributed by atoms with Gasteiger partial charge in [-0.2, -0.15) is 0 Å². The molecule has 7 heteroatoms. The zero-order chi connectivity index (χ0) is 12.4. The van der Waals surface area contributed by atoms with E-state index in [0.29, 0.717) is 10.9 Å². The molecule has 0 spiro atoms. The maximum atomic E-state index is 11.6. The molecule has 1 heterocycles. The van der Waals surface area contributed by atoms with Gasteiger partial charge in [0.05, 0.1) is 0 Å². The average Bonchev–Trinajstić information content (AvgIpc) is 2.61. The van der Waals surface area contributed by atoms with Crippen molar-refractivity contribution in [3.63, 3.8) is 0 Å².